The predicted octanol–water partition coefficient (Wildman–Crippen LogP) is 3.98. The summed E-state index contributed by atoms with van der Waals surface area (Å²) in [5.41, 5.74) is 1.91. The third kappa shape index (κ3) is 3.81. The molecule has 0 atom stereocenters. The topological polar surface area (TPSA) is 59.1 Å². The number of aromatic nitrogens is 1. The number of rotatable bonds is 5. The molecule has 3 aromatic rings. The largest absolute Gasteiger partial charge is 0.326 e. The maximum Gasteiger partial charge on any atom is 0.224 e. The molecule has 4 nitrogen and oxygen atoms in total. The molecule has 0 saturated heterocycles. The number of halogens is 1. The second-order valence-electron chi connectivity index (χ2n) is 5.39. The third-order valence-electron chi connectivity index (χ3n) is 3.63. The lowest BCUT2D eigenvalue weighted by Crippen LogP contribution is -2.13. The fourth-order valence-electron chi connectivity index (χ4n) is 2.38. The summed E-state index contributed by atoms with van der Waals surface area (Å²) in [7, 11) is 0. The summed E-state index contributed by atoms with van der Waals surface area (Å²) in [5, 5.41) is 3.70. The number of benzene rings is 2. The molecule has 0 spiro atoms. The predicted molar refractivity (Wildman–Crippen MR) is 90.3 cm³/mol. The van der Waals surface area contributed by atoms with Crippen molar-refractivity contribution in [2.45, 2.75) is 12.8 Å². The van der Waals surface area contributed by atoms with Gasteiger partial charge in [-0.3, -0.25) is 14.6 Å². The van der Waals surface area contributed by atoms with Crippen molar-refractivity contribution in [3.8, 4) is 0 Å². The molecule has 120 valence electrons. The van der Waals surface area contributed by atoms with E-state index in [1.807, 2.05) is 24.3 Å². The quantitative estimate of drug-likeness (QED) is 0.723. The highest BCUT2D eigenvalue weighted by Crippen LogP contribution is 2.17. The fraction of sp³-hybridized carbons (Fsp3) is 0.105. The van der Waals surface area contributed by atoms with Gasteiger partial charge in [-0.25, -0.2) is 4.39 Å². The summed E-state index contributed by atoms with van der Waals surface area (Å²) in [6.45, 7) is 0. The molecule has 0 bridgehead atoms. The van der Waals surface area contributed by atoms with Crippen molar-refractivity contribution >= 4 is 28.3 Å². The van der Waals surface area contributed by atoms with Crippen molar-refractivity contribution in [3.63, 3.8) is 0 Å². The highest BCUT2D eigenvalue weighted by molar-refractivity contribution is 6.00. The zero-order valence-electron chi connectivity index (χ0n) is 12.8. The number of Topliss-reactive ketones (excluding diaryl/α,β-unsaturated/α-hetero) is 1. The first-order chi connectivity index (χ1) is 11.6. The number of hydrogen-bond donors (Lipinski definition) is 1. The van der Waals surface area contributed by atoms with Gasteiger partial charge in [-0.1, -0.05) is 6.07 Å². The number of amides is 1. The molecule has 0 saturated carbocycles. The minimum Gasteiger partial charge on any atom is -0.326 e. The van der Waals surface area contributed by atoms with Crippen molar-refractivity contribution in [1.29, 1.82) is 0 Å². The first-order valence-corrected chi connectivity index (χ1v) is 7.55. The molecule has 0 aliphatic rings. The Balaban J connectivity index is 1.58. The number of fused-ring (bicyclic) bond motifs is 1. The molecule has 0 aliphatic carbocycles. The van der Waals surface area contributed by atoms with Crippen molar-refractivity contribution in [2.75, 3.05) is 5.32 Å². The Labute approximate surface area is 138 Å². The molecular formula is C19H15FN2O2. The molecule has 1 N–H and O–H groups in total. The third-order valence-corrected chi connectivity index (χ3v) is 3.63. The molecule has 0 aliphatic heterocycles. The number of hydrogen-bond acceptors (Lipinski definition) is 3. The van der Waals surface area contributed by atoms with Crippen LogP contribution in [0.1, 0.15) is 23.2 Å². The van der Waals surface area contributed by atoms with E-state index in [4.69, 9.17) is 0 Å². The van der Waals surface area contributed by atoms with Gasteiger partial charge < -0.3 is 5.32 Å². The van der Waals surface area contributed by atoms with Gasteiger partial charge in [0.25, 0.3) is 0 Å². The summed E-state index contributed by atoms with van der Waals surface area (Å²) in [6, 6.07) is 14.5. The normalized spacial score (nSPS) is 10.5. The Hall–Kier alpha value is -3.08. The molecule has 5 heteroatoms. The molecule has 0 radical (unpaired) electrons. The van der Waals surface area contributed by atoms with Gasteiger partial charge in [0.15, 0.2) is 5.78 Å². The maximum atomic E-state index is 12.8. The van der Waals surface area contributed by atoms with Crippen LogP contribution in [0.15, 0.2) is 60.8 Å². The minimum atomic E-state index is -0.393. The van der Waals surface area contributed by atoms with Gasteiger partial charge in [0, 0.05) is 35.7 Å². The van der Waals surface area contributed by atoms with Crippen LogP contribution in [0.4, 0.5) is 10.1 Å². The van der Waals surface area contributed by atoms with E-state index in [-0.39, 0.29) is 24.5 Å². The molecule has 24 heavy (non-hydrogen) atoms. The van der Waals surface area contributed by atoms with E-state index in [1.165, 1.54) is 24.3 Å². The van der Waals surface area contributed by atoms with Crippen LogP contribution in [0.25, 0.3) is 10.9 Å². The zero-order valence-corrected chi connectivity index (χ0v) is 12.8. The standard InChI is InChI=1S/C19H15FN2O2/c20-15-5-3-13(4-6-15)18(23)9-10-19(24)22-16-7-8-17-14(12-16)2-1-11-21-17/h1-8,11-12H,9-10H2,(H,22,24). The number of pyridine rings is 1. The van der Waals surface area contributed by atoms with E-state index in [0.717, 1.165) is 10.9 Å². The van der Waals surface area contributed by atoms with Crippen LogP contribution in [-0.4, -0.2) is 16.7 Å². The SMILES string of the molecule is O=C(CCC(=O)c1ccc(F)cc1)Nc1ccc2ncccc2c1. The van der Waals surface area contributed by atoms with Gasteiger partial charge >= 0.3 is 0 Å². The molecule has 1 amide bonds. The lowest BCUT2D eigenvalue weighted by atomic mass is 10.1. The average Bonchev–Trinajstić information content (AvgIpc) is 2.60. The van der Waals surface area contributed by atoms with E-state index < -0.39 is 5.82 Å². The molecule has 0 fully saturated rings. The van der Waals surface area contributed by atoms with E-state index >= 15 is 0 Å². The highest BCUT2D eigenvalue weighted by atomic mass is 19.1. The number of anilines is 1. The number of carbonyl (C=O) groups excluding carboxylic acids is 2. The molecule has 1 heterocycles. The van der Waals surface area contributed by atoms with Gasteiger partial charge in [-0.15, -0.1) is 0 Å². The van der Waals surface area contributed by atoms with E-state index in [2.05, 4.69) is 10.3 Å². The van der Waals surface area contributed by atoms with Crippen LogP contribution in [0.3, 0.4) is 0 Å². The van der Waals surface area contributed by atoms with E-state index in [1.54, 1.807) is 12.3 Å². The van der Waals surface area contributed by atoms with Crippen molar-refractivity contribution < 1.29 is 14.0 Å². The smallest absolute Gasteiger partial charge is 0.224 e. The van der Waals surface area contributed by atoms with Crippen molar-refractivity contribution in [3.05, 3.63) is 72.2 Å². The lowest BCUT2D eigenvalue weighted by molar-refractivity contribution is -0.116. The van der Waals surface area contributed by atoms with Crippen LogP contribution in [0.2, 0.25) is 0 Å². The van der Waals surface area contributed by atoms with Crippen LogP contribution in [0, 0.1) is 5.82 Å². The van der Waals surface area contributed by atoms with Crippen LogP contribution in [-0.2, 0) is 4.79 Å². The van der Waals surface area contributed by atoms with E-state index in [0.29, 0.717) is 11.3 Å². The first-order valence-electron chi connectivity index (χ1n) is 7.55. The molecule has 3 rings (SSSR count). The monoisotopic (exact) mass is 322 g/mol. The van der Waals surface area contributed by atoms with E-state index in [9.17, 15) is 14.0 Å². The van der Waals surface area contributed by atoms with Gasteiger partial charge in [0.05, 0.1) is 5.52 Å². The summed E-state index contributed by atoms with van der Waals surface area (Å²) in [5.74, 6) is -0.823. The van der Waals surface area contributed by atoms with Gasteiger partial charge in [0.1, 0.15) is 5.82 Å². The Bertz CT molecular complexity index is 891. The highest BCUT2D eigenvalue weighted by Gasteiger charge is 2.10. The summed E-state index contributed by atoms with van der Waals surface area (Å²) >= 11 is 0. The van der Waals surface area contributed by atoms with Crippen LogP contribution < -0.4 is 5.32 Å². The fourth-order valence-corrected chi connectivity index (χ4v) is 2.38. The summed E-state index contributed by atoms with van der Waals surface area (Å²) in [4.78, 5) is 28.2. The summed E-state index contributed by atoms with van der Waals surface area (Å²) < 4.78 is 12.8. The molecular weight excluding hydrogens is 307 g/mol. The Morgan fingerprint density at radius 1 is 1.00 bits per heavy atom. The van der Waals surface area contributed by atoms with Crippen molar-refractivity contribution in [1.82, 2.24) is 4.98 Å². The average molecular weight is 322 g/mol. The van der Waals surface area contributed by atoms with Gasteiger partial charge in [-0.2, -0.15) is 0 Å². The van der Waals surface area contributed by atoms with Crippen molar-refractivity contribution in [2.24, 2.45) is 0 Å². The second-order valence-corrected chi connectivity index (χ2v) is 5.39. The lowest BCUT2D eigenvalue weighted by Gasteiger charge is -2.06. The van der Waals surface area contributed by atoms with Gasteiger partial charge in [0.2, 0.25) is 5.91 Å². The van der Waals surface area contributed by atoms with Gasteiger partial charge in [-0.05, 0) is 48.5 Å². The molecule has 1 aromatic heterocycles. The minimum absolute atomic E-state index is 0.0707. The number of nitrogens with zero attached hydrogens (tertiary/aromatic N) is 1. The first kappa shape index (κ1) is 15.8. The number of ketones is 1. The Morgan fingerprint density at radius 3 is 2.58 bits per heavy atom. The maximum absolute atomic E-state index is 12.8. The Kier molecular flexibility index (Phi) is 4.61. The number of carbonyl (C=O) groups is 2. The second kappa shape index (κ2) is 7.00. The molecule has 0 unspecified atom stereocenters. The molecule has 2 aromatic carbocycles. The van der Waals surface area contributed by atoms with Crippen LogP contribution >= 0.6 is 0 Å². The zero-order chi connectivity index (χ0) is 16.9. The summed E-state index contributed by atoms with van der Waals surface area (Å²) in [6.07, 6.45) is 1.86. The Morgan fingerprint density at radius 2 is 1.79 bits per heavy atom. The number of nitrogens with one attached hydrogen (secondary N) is 1. The van der Waals surface area contributed by atoms with Crippen LogP contribution in [0.5, 0.6) is 0 Å².